The second-order valence-corrected chi connectivity index (χ2v) is 4.90. The van der Waals surface area contributed by atoms with E-state index in [1.807, 2.05) is 0 Å². The summed E-state index contributed by atoms with van der Waals surface area (Å²) in [6.45, 7) is 2.89. The number of alkyl halides is 2. The molecule has 0 atom stereocenters. The normalized spacial score (nSPS) is 13.1. The fraction of sp³-hybridized carbons (Fsp3) is 0.538. The summed E-state index contributed by atoms with van der Waals surface area (Å²) in [7, 11) is 1.59. The van der Waals surface area contributed by atoms with Crippen LogP contribution in [-0.4, -0.2) is 35.7 Å². The molecule has 0 radical (unpaired) electrons. The van der Waals surface area contributed by atoms with Crippen LogP contribution in [0.4, 0.5) is 8.78 Å². The van der Waals surface area contributed by atoms with E-state index >= 15 is 0 Å². The molecule has 0 bridgehead atoms. The van der Waals surface area contributed by atoms with E-state index in [4.69, 9.17) is 5.11 Å². The summed E-state index contributed by atoms with van der Waals surface area (Å²) < 4.78 is 27.9. The largest absolute Gasteiger partial charge is 0.394 e. The number of likely N-dealkylation sites (N-methyl/N-ethyl adjacent to an activating group) is 1. The standard InChI is InChI=1S/C13H19F2NO/c1-12(2,10-17)16(3)9-13(14,15)11-7-5-4-6-8-11/h4-8,17H,9-10H2,1-3H3. The lowest BCUT2D eigenvalue weighted by Crippen LogP contribution is -2.48. The topological polar surface area (TPSA) is 23.5 Å². The van der Waals surface area contributed by atoms with Crippen molar-refractivity contribution in [3.05, 3.63) is 35.9 Å². The highest BCUT2D eigenvalue weighted by Crippen LogP contribution is 2.30. The lowest BCUT2D eigenvalue weighted by molar-refractivity contribution is -0.0614. The molecule has 0 saturated carbocycles. The predicted octanol–water partition coefficient (Wildman–Crippen LogP) is 2.48. The van der Waals surface area contributed by atoms with Crippen LogP contribution in [0.5, 0.6) is 0 Å². The maximum absolute atomic E-state index is 13.9. The Morgan fingerprint density at radius 2 is 1.71 bits per heavy atom. The van der Waals surface area contributed by atoms with Crippen LogP contribution < -0.4 is 0 Å². The van der Waals surface area contributed by atoms with Gasteiger partial charge < -0.3 is 5.11 Å². The average Bonchev–Trinajstić information content (AvgIpc) is 2.29. The Bertz CT molecular complexity index is 352. The SMILES string of the molecule is CN(CC(F)(F)c1ccccc1)C(C)(C)CO. The van der Waals surface area contributed by atoms with E-state index in [0.29, 0.717) is 0 Å². The summed E-state index contributed by atoms with van der Waals surface area (Å²) in [5, 5.41) is 9.15. The van der Waals surface area contributed by atoms with Gasteiger partial charge >= 0.3 is 0 Å². The average molecular weight is 243 g/mol. The van der Waals surface area contributed by atoms with Crippen LogP contribution in [0.15, 0.2) is 30.3 Å². The van der Waals surface area contributed by atoms with Crippen molar-refractivity contribution in [2.75, 3.05) is 20.2 Å². The van der Waals surface area contributed by atoms with Gasteiger partial charge in [-0.2, -0.15) is 8.78 Å². The lowest BCUT2D eigenvalue weighted by Gasteiger charge is -2.36. The molecule has 1 aromatic carbocycles. The van der Waals surface area contributed by atoms with Crippen molar-refractivity contribution in [2.24, 2.45) is 0 Å². The molecule has 2 nitrogen and oxygen atoms in total. The van der Waals surface area contributed by atoms with Gasteiger partial charge in [0.2, 0.25) is 0 Å². The molecule has 0 fully saturated rings. The molecule has 17 heavy (non-hydrogen) atoms. The van der Waals surface area contributed by atoms with Crippen molar-refractivity contribution in [2.45, 2.75) is 25.3 Å². The van der Waals surface area contributed by atoms with E-state index in [0.717, 1.165) is 0 Å². The van der Waals surface area contributed by atoms with Gasteiger partial charge in [0.05, 0.1) is 13.2 Å². The molecule has 0 spiro atoms. The first-order valence-corrected chi connectivity index (χ1v) is 5.55. The number of hydrogen-bond donors (Lipinski definition) is 1. The summed E-state index contributed by atoms with van der Waals surface area (Å²) >= 11 is 0. The first kappa shape index (κ1) is 14.1. The van der Waals surface area contributed by atoms with Crippen molar-refractivity contribution >= 4 is 0 Å². The van der Waals surface area contributed by atoms with Gasteiger partial charge in [0, 0.05) is 11.1 Å². The Labute approximate surface area is 101 Å². The van der Waals surface area contributed by atoms with Gasteiger partial charge in [0.15, 0.2) is 0 Å². The van der Waals surface area contributed by atoms with Crippen LogP contribution in [0, 0.1) is 0 Å². The zero-order valence-electron chi connectivity index (χ0n) is 10.5. The highest BCUT2D eigenvalue weighted by atomic mass is 19.3. The number of rotatable bonds is 5. The minimum absolute atomic E-state index is 0.000546. The van der Waals surface area contributed by atoms with Gasteiger partial charge in [-0.1, -0.05) is 30.3 Å². The van der Waals surface area contributed by atoms with Gasteiger partial charge in [-0.25, -0.2) is 0 Å². The summed E-state index contributed by atoms with van der Waals surface area (Å²) in [6, 6.07) is 7.74. The van der Waals surface area contributed by atoms with Crippen molar-refractivity contribution in [1.29, 1.82) is 0 Å². The van der Waals surface area contributed by atoms with E-state index in [-0.39, 0.29) is 12.2 Å². The quantitative estimate of drug-likeness (QED) is 0.858. The van der Waals surface area contributed by atoms with Crippen LogP contribution in [0.3, 0.4) is 0 Å². The molecule has 0 saturated heterocycles. The van der Waals surface area contributed by atoms with Crippen LogP contribution in [0.25, 0.3) is 0 Å². The van der Waals surface area contributed by atoms with Gasteiger partial charge in [-0.3, -0.25) is 4.90 Å². The second-order valence-electron chi connectivity index (χ2n) is 4.90. The molecule has 1 rings (SSSR count). The molecule has 1 N–H and O–H groups in total. The molecule has 96 valence electrons. The van der Waals surface area contributed by atoms with Crippen molar-refractivity contribution in [3.63, 3.8) is 0 Å². The molecule has 0 aromatic heterocycles. The van der Waals surface area contributed by atoms with E-state index in [1.165, 1.54) is 17.0 Å². The molecular weight excluding hydrogens is 224 g/mol. The zero-order valence-corrected chi connectivity index (χ0v) is 10.5. The Kier molecular flexibility index (Phi) is 4.22. The number of halogens is 2. The third kappa shape index (κ3) is 3.48. The lowest BCUT2D eigenvalue weighted by atomic mass is 10.0. The van der Waals surface area contributed by atoms with Gasteiger partial charge in [0.25, 0.3) is 5.92 Å². The minimum Gasteiger partial charge on any atom is -0.394 e. The number of benzene rings is 1. The molecule has 0 amide bonds. The maximum Gasteiger partial charge on any atom is 0.285 e. The van der Waals surface area contributed by atoms with Crippen LogP contribution in [0.1, 0.15) is 19.4 Å². The first-order chi connectivity index (χ1) is 7.79. The maximum atomic E-state index is 13.9. The second kappa shape index (κ2) is 5.10. The van der Waals surface area contributed by atoms with Crippen LogP contribution >= 0.6 is 0 Å². The van der Waals surface area contributed by atoms with Gasteiger partial charge in [-0.05, 0) is 20.9 Å². The summed E-state index contributed by atoms with van der Waals surface area (Å²) in [5.74, 6) is -2.91. The van der Waals surface area contributed by atoms with Crippen molar-refractivity contribution < 1.29 is 13.9 Å². The van der Waals surface area contributed by atoms with Gasteiger partial charge in [0.1, 0.15) is 0 Å². The predicted molar refractivity (Wildman–Crippen MR) is 64.1 cm³/mol. The van der Waals surface area contributed by atoms with Crippen LogP contribution in [-0.2, 0) is 5.92 Å². The highest BCUT2D eigenvalue weighted by Gasteiger charge is 2.36. The Morgan fingerprint density at radius 1 is 1.18 bits per heavy atom. The summed E-state index contributed by atoms with van der Waals surface area (Å²) in [6.07, 6.45) is 0. The zero-order chi connectivity index (χ0) is 13.1. The fourth-order valence-electron chi connectivity index (χ4n) is 1.41. The fourth-order valence-corrected chi connectivity index (χ4v) is 1.41. The van der Waals surface area contributed by atoms with E-state index in [1.54, 1.807) is 39.1 Å². The third-order valence-electron chi connectivity index (χ3n) is 3.05. The van der Waals surface area contributed by atoms with E-state index in [9.17, 15) is 8.78 Å². The number of nitrogens with zero attached hydrogens (tertiary/aromatic N) is 1. The molecule has 0 aliphatic carbocycles. The highest BCUT2D eigenvalue weighted by molar-refractivity contribution is 5.20. The smallest absolute Gasteiger partial charge is 0.285 e. The number of hydrogen-bond acceptors (Lipinski definition) is 2. The monoisotopic (exact) mass is 243 g/mol. The van der Waals surface area contributed by atoms with E-state index < -0.39 is 18.0 Å². The van der Waals surface area contributed by atoms with Crippen LogP contribution in [0.2, 0.25) is 0 Å². The van der Waals surface area contributed by atoms with E-state index in [2.05, 4.69) is 0 Å². The molecule has 0 unspecified atom stereocenters. The molecule has 0 heterocycles. The van der Waals surface area contributed by atoms with Crippen molar-refractivity contribution in [1.82, 2.24) is 4.90 Å². The molecule has 0 aliphatic rings. The summed E-state index contributed by atoms with van der Waals surface area (Å²) in [5.41, 5.74) is -0.654. The molecule has 0 aliphatic heterocycles. The Morgan fingerprint density at radius 3 is 2.18 bits per heavy atom. The Balaban J connectivity index is 2.80. The summed E-state index contributed by atoms with van der Waals surface area (Å²) in [4.78, 5) is 1.47. The number of aliphatic hydroxyl groups is 1. The minimum atomic E-state index is -2.91. The molecular formula is C13H19F2NO. The molecule has 4 heteroatoms. The molecule has 1 aromatic rings. The van der Waals surface area contributed by atoms with Gasteiger partial charge in [-0.15, -0.1) is 0 Å². The van der Waals surface area contributed by atoms with Crippen molar-refractivity contribution in [3.8, 4) is 0 Å². The third-order valence-corrected chi connectivity index (χ3v) is 3.05. The first-order valence-electron chi connectivity index (χ1n) is 5.55. The Hall–Kier alpha value is -1.00. The number of aliphatic hydroxyl groups excluding tert-OH is 1.